The average Bonchev–Trinajstić information content (AvgIpc) is 2.56. The van der Waals surface area contributed by atoms with Crippen LogP contribution in [-0.4, -0.2) is 25.0 Å². The van der Waals surface area contributed by atoms with Crippen molar-refractivity contribution in [1.82, 2.24) is 5.32 Å². The third-order valence-electron chi connectivity index (χ3n) is 2.47. The summed E-state index contributed by atoms with van der Waals surface area (Å²) in [5.74, 6) is 0.555. The Morgan fingerprint density at radius 1 is 1.60 bits per heavy atom. The van der Waals surface area contributed by atoms with E-state index in [1.807, 2.05) is 6.92 Å². The lowest BCUT2D eigenvalue weighted by Crippen LogP contribution is -2.41. The maximum atomic E-state index is 11.9. The van der Waals surface area contributed by atoms with Crippen LogP contribution in [0.1, 0.15) is 13.3 Å². The Balaban J connectivity index is 2.22. The summed E-state index contributed by atoms with van der Waals surface area (Å²) in [6, 6.07) is 3.20. The molecule has 1 aromatic heterocycles. The minimum Gasteiger partial charge on any atom is -0.429 e. The second kappa shape index (κ2) is 4.24. The van der Waals surface area contributed by atoms with Gasteiger partial charge in [0.25, 0.3) is 0 Å². The fourth-order valence-electron chi connectivity index (χ4n) is 1.66. The first kappa shape index (κ1) is 10.5. The highest BCUT2D eigenvalue weighted by atomic mass is 35.5. The lowest BCUT2D eigenvalue weighted by molar-refractivity contribution is -0.120. The van der Waals surface area contributed by atoms with Crippen LogP contribution in [0.25, 0.3) is 0 Å². The van der Waals surface area contributed by atoms with Gasteiger partial charge in [-0.3, -0.25) is 9.69 Å². The SMILES string of the molecule is CC1NCCCN(c2ccc(Cl)o2)C1=O. The molecule has 4 nitrogen and oxygen atoms in total. The van der Waals surface area contributed by atoms with Crippen molar-refractivity contribution in [2.45, 2.75) is 19.4 Å². The highest BCUT2D eigenvalue weighted by Crippen LogP contribution is 2.23. The molecule has 82 valence electrons. The van der Waals surface area contributed by atoms with Gasteiger partial charge in [-0.25, -0.2) is 0 Å². The monoisotopic (exact) mass is 228 g/mol. The van der Waals surface area contributed by atoms with E-state index in [9.17, 15) is 4.79 Å². The summed E-state index contributed by atoms with van der Waals surface area (Å²) < 4.78 is 5.24. The summed E-state index contributed by atoms with van der Waals surface area (Å²) in [5, 5.41) is 3.44. The topological polar surface area (TPSA) is 45.5 Å². The zero-order valence-electron chi connectivity index (χ0n) is 8.50. The first-order valence-electron chi connectivity index (χ1n) is 4.98. The highest BCUT2D eigenvalue weighted by Gasteiger charge is 2.25. The molecule has 1 aliphatic rings. The fraction of sp³-hybridized carbons (Fsp3) is 0.500. The summed E-state index contributed by atoms with van der Waals surface area (Å²) in [7, 11) is 0. The molecule has 0 aromatic carbocycles. The summed E-state index contributed by atoms with van der Waals surface area (Å²) in [5.41, 5.74) is 0. The van der Waals surface area contributed by atoms with Crippen molar-refractivity contribution >= 4 is 23.4 Å². The number of furan rings is 1. The quantitative estimate of drug-likeness (QED) is 0.795. The van der Waals surface area contributed by atoms with Crippen molar-refractivity contribution in [3.8, 4) is 0 Å². The number of carbonyl (C=O) groups is 1. The minimum absolute atomic E-state index is 0.0264. The number of anilines is 1. The van der Waals surface area contributed by atoms with Crippen LogP contribution in [0, 0.1) is 0 Å². The van der Waals surface area contributed by atoms with E-state index >= 15 is 0 Å². The standard InChI is InChI=1S/C10H13ClN2O2/c1-7-10(14)13(6-2-5-12-7)9-4-3-8(11)15-9/h3-4,7,12H,2,5-6H2,1H3. The molecule has 2 rings (SSSR count). The Morgan fingerprint density at radius 2 is 2.40 bits per heavy atom. The predicted octanol–water partition coefficient (Wildman–Crippen LogP) is 1.65. The zero-order chi connectivity index (χ0) is 10.8. The molecule has 15 heavy (non-hydrogen) atoms. The van der Waals surface area contributed by atoms with Crippen LogP contribution in [-0.2, 0) is 4.79 Å². The van der Waals surface area contributed by atoms with Crippen molar-refractivity contribution in [3.05, 3.63) is 17.4 Å². The molecule has 0 saturated carbocycles. The number of amides is 1. The zero-order valence-corrected chi connectivity index (χ0v) is 9.25. The lowest BCUT2D eigenvalue weighted by atomic mass is 10.3. The van der Waals surface area contributed by atoms with Crippen LogP contribution in [0.3, 0.4) is 0 Å². The number of nitrogens with one attached hydrogen (secondary N) is 1. The Morgan fingerprint density at radius 3 is 3.07 bits per heavy atom. The third-order valence-corrected chi connectivity index (χ3v) is 2.67. The maximum Gasteiger partial charge on any atom is 0.246 e. The Bertz CT molecular complexity index is 364. The van der Waals surface area contributed by atoms with Gasteiger partial charge < -0.3 is 9.73 Å². The molecular weight excluding hydrogens is 216 g/mol. The van der Waals surface area contributed by atoms with Crippen LogP contribution in [0.2, 0.25) is 5.22 Å². The lowest BCUT2D eigenvalue weighted by Gasteiger charge is -2.19. The molecule has 0 aliphatic carbocycles. The van der Waals surface area contributed by atoms with E-state index in [2.05, 4.69) is 5.32 Å². The molecule has 1 amide bonds. The van der Waals surface area contributed by atoms with Crippen LogP contribution in [0.15, 0.2) is 16.5 Å². The van der Waals surface area contributed by atoms with Gasteiger partial charge in [0, 0.05) is 12.6 Å². The highest BCUT2D eigenvalue weighted by molar-refractivity contribution is 6.29. The van der Waals surface area contributed by atoms with Crippen molar-refractivity contribution in [1.29, 1.82) is 0 Å². The molecule has 1 N–H and O–H groups in total. The smallest absolute Gasteiger partial charge is 0.246 e. The first-order chi connectivity index (χ1) is 7.18. The Kier molecular flexibility index (Phi) is 2.98. The van der Waals surface area contributed by atoms with Gasteiger partial charge in [-0.1, -0.05) is 0 Å². The molecule has 0 bridgehead atoms. The molecule has 1 unspecified atom stereocenters. The molecule has 0 spiro atoms. The number of carbonyl (C=O) groups excluding carboxylic acids is 1. The summed E-state index contributed by atoms with van der Waals surface area (Å²) in [4.78, 5) is 13.6. The van der Waals surface area contributed by atoms with Gasteiger partial charge in [0.2, 0.25) is 11.8 Å². The van der Waals surface area contributed by atoms with Crippen LogP contribution < -0.4 is 10.2 Å². The molecule has 1 aliphatic heterocycles. The van der Waals surface area contributed by atoms with Crippen molar-refractivity contribution in [2.24, 2.45) is 0 Å². The van der Waals surface area contributed by atoms with Gasteiger partial charge in [-0.05, 0) is 37.6 Å². The molecule has 0 radical (unpaired) electrons. The molecule has 1 saturated heterocycles. The third kappa shape index (κ3) is 2.16. The van der Waals surface area contributed by atoms with Crippen LogP contribution in [0.4, 0.5) is 5.88 Å². The molecule has 1 aromatic rings. The normalized spacial score (nSPS) is 22.9. The van der Waals surface area contributed by atoms with Gasteiger partial charge in [-0.15, -0.1) is 0 Å². The Hall–Kier alpha value is -1.00. The number of hydrogen-bond acceptors (Lipinski definition) is 3. The summed E-state index contributed by atoms with van der Waals surface area (Å²) in [6.45, 7) is 3.36. The fourth-order valence-corrected chi connectivity index (χ4v) is 1.80. The minimum atomic E-state index is -0.170. The molecule has 1 atom stereocenters. The van der Waals surface area contributed by atoms with E-state index in [4.69, 9.17) is 16.0 Å². The van der Waals surface area contributed by atoms with Gasteiger partial charge in [0.15, 0.2) is 5.22 Å². The molecule has 2 heterocycles. The van der Waals surface area contributed by atoms with Crippen molar-refractivity contribution in [2.75, 3.05) is 18.0 Å². The van der Waals surface area contributed by atoms with E-state index in [1.165, 1.54) is 0 Å². The largest absolute Gasteiger partial charge is 0.429 e. The van der Waals surface area contributed by atoms with E-state index in [-0.39, 0.29) is 11.9 Å². The van der Waals surface area contributed by atoms with Crippen molar-refractivity contribution in [3.63, 3.8) is 0 Å². The van der Waals surface area contributed by atoms with E-state index in [1.54, 1.807) is 17.0 Å². The van der Waals surface area contributed by atoms with Gasteiger partial charge in [0.05, 0.1) is 6.04 Å². The van der Waals surface area contributed by atoms with Gasteiger partial charge in [0.1, 0.15) is 0 Å². The van der Waals surface area contributed by atoms with Crippen LogP contribution >= 0.6 is 11.6 Å². The predicted molar refractivity (Wildman–Crippen MR) is 58.2 cm³/mol. The molecule has 5 heteroatoms. The average molecular weight is 229 g/mol. The molecule has 1 fully saturated rings. The van der Waals surface area contributed by atoms with Gasteiger partial charge >= 0.3 is 0 Å². The van der Waals surface area contributed by atoms with E-state index < -0.39 is 0 Å². The number of halogens is 1. The van der Waals surface area contributed by atoms with Gasteiger partial charge in [-0.2, -0.15) is 0 Å². The second-order valence-corrected chi connectivity index (χ2v) is 3.97. The number of nitrogens with zero attached hydrogens (tertiary/aromatic N) is 1. The van der Waals surface area contributed by atoms with Crippen molar-refractivity contribution < 1.29 is 9.21 Å². The number of hydrogen-bond donors (Lipinski definition) is 1. The summed E-state index contributed by atoms with van der Waals surface area (Å²) in [6.07, 6.45) is 0.911. The van der Waals surface area contributed by atoms with E-state index in [0.717, 1.165) is 13.0 Å². The van der Waals surface area contributed by atoms with E-state index in [0.29, 0.717) is 17.6 Å². The van der Waals surface area contributed by atoms with Crippen LogP contribution in [0.5, 0.6) is 0 Å². The first-order valence-corrected chi connectivity index (χ1v) is 5.36. The maximum absolute atomic E-state index is 11.9. The second-order valence-electron chi connectivity index (χ2n) is 3.60. The molecular formula is C10H13ClN2O2. The Labute approximate surface area is 93.2 Å². The summed E-state index contributed by atoms with van der Waals surface area (Å²) >= 11 is 5.68. The number of rotatable bonds is 1.